The zero-order chi connectivity index (χ0) is 14.2. The number of nitrogens with zero attached hydrogens (tertiary/aromatic N) is 2. The Morgan fingerprint density at radius 3 is 2.50 bits per heavy atom. The SMILES string of the molecule is O=C(c1ccc(C#CCO)cn1)N1CCCCCCC1. The quantitative estimate of drug-likeness (QED) is 0.794. The predicted molar refractivity (Wildman–Crippen MR) is 77.2 cm³/mol. The number of carbonyl (C=O) groups is 1. The first-order valence-electron chi connectivity index (χ1n) is 7.16. The van der Waals surface area contributed by atoms with Gasteiger partial charge in [0.1, 0.15) is 12.3 Å². The highest BCUT2D eigenvalue weighted by Gasteiger charge is 2.17. The molecule has 2 heterocycles. The van der Waals surface area contributed by atoms with E-state index in [-0.39, 0.29) is 12.5 Å². The number of hydrogen-bond donors (Lipinski definition) is 1. The second-order valence-corrected chi connectivity index (χ2v) is 4.95. The minimum absolute atomic E-state index is 0.00793. The van der Waals surface area contributed by atoms with E-state index in [4.69, 9.17) is 5.11 Å². The Hall–Kier alpha value is -1.86. The maximum atomic E-state index is 12.4. The Labute approximate surface area is 119 Å². The zero-order valence-electron chi connectivity index (χ0n) is 11.6. The van der Waals surface area contributed by atoms with Gasteiger partial charge >= 0.3 is 0 Å². The molecule has 1 amide bonds. The van der Waals surface area contributed by atoms with E-state index in [1.54, 1.807) is 18.3 Å². The van der Waals surface area contributed by atoms with Crippen LogP contribution in [-0.2, 0) is 0 Å². The largest absolute Gasteiger partial charge is 0.384 e. The molecule has 0 spiro atoms. The summed E-state index contributed by atoms with van der Waals surface area (Å²) in [6.45, 7) is 1.48. The van der Waals surface area contributed by atoms with Crippen LogP contribution in [0.3, 0.4) is 0 Å². The molecule has 1 fully saturated rings. The van der Waals surface area contributed by atoms with Crippen LogP contribution in [0.4, 0.5) is 0 Å². The lowest BCUT2D eigenvalue weighted by Crippen LogP contribution is -2.34. The number of pyridine rings is 1. The fourth-order valence-corrected chi connectivity index (χ4v) is 2.35. The lowest BCUT2D eigenvalue weighted by Gasteiger charge is -2.24. The van der Waals surface area contributed by atoms with E-state index in [9.17, 15) is 4.79 Å². The summed E-state index contributed by atoms with van der Waals surface area (Å²) in [6.07, 6.45) is 7.41. The van der Waals surface area contributed by atoms with Gasteiger partial charge in [0.15, 0.2) is 0 Å². The Balaban J connectivity index is 2.03. The van der Waals surface area contributed by atoms with Crippen LogP contribution < -0.4 is 0 Å². The van der Waals surface area contributed by atoms with E-state index in [1.807, 2.05) is 4.90 Å². The summed E-state index contributed by atoms with van der Waals surface area (Å²) in [5, 5.41) is 8.64. The summed E-state index contributed by atoms with van der Waals surface area (Å²) in [4.78, 5) is 18.5. The summed E-state index contributed by atoms with van der Waals surface area (Å²) in [5.41, 5.74) is 1.18. The van der Waals surface area contributed by atoms with Gasteiger partial charge < -0.3 is 10.0 Å². The predicted octanol–water partition coefficient (Wildman–Crippen LogP) is 1.83. The summed E-state index contributed by atoms with van der Waals surface area (Å²) in [6, 6.07) is 3.48. The zero-order valence-corrected chi connectivity index (χ0v) is 11.6. The minimum Gasteiger partial charge on any atom is -0.384 e. The van der Waals surface area contributed by atoms with Gasteiger partial charge in [-0.2, -0.15) is 0 Å². The first-order chi connectivity index (χ1) is 9.81. The van der Waals surface area contributed by atoms with Gasteiger partial charge in [0.05, 0.1) is 0 Å². The number of aromatic nitrogens is 1. The van der Waals surface area contributed by atoms with Crippen molar-refractivity contribution in [3.63, 3.8) is 0 Å². The summed E-state index contributed by atoms with van der Waals surface area (Å²) >= 11 is 0. The normalized spacial score (nSPS) is 15.8. The first kappa shape index (κ1) is 14.5. The maximum absolute atomic E-state index is 12.4. The van der Waals surface area contributed by atoms with Crippen molar-refractivity contribution in [1.82, 2.24) is 9.88 Å². The van der Waals surface area contributed by atoms with Crippen LogP contribution in [0, 0.1) is 11.8 Å². The minimum atomic E-state index is -0.172. The number of likely N-dealkylation sites (tertiary alicyclic amines) is 1. The van der Waals surface area contributed by atoms with Crippen LogP contribution in [0.25, 0.3) is 0 Å². The highest BCUT2D eigenvalue weighted by Crippen LogP contribution is 2.13. The molecule has 0 bridgehead atoms. The van der Waals surface area contributed by atoms with E-state index in [2.05, 4.69) is 16.8 Å². The fraction of sp³-hybridized carbons (Fsp3) is 0.500. The molecule has 4 nitrogen and oxygen atoms in total. The molecule has 1 aliphatic rings. The molecule has 1 aliphatic heterocycles. The number of aliphatic hydroxyl groups excluding tert-OH is 1. The molecule has 0 aromatic carbocycles. The van der Waals surface area contributed by atoms with Crippen molar-refractivity contribution in [3.05, 3.63) is 29.6 Å². The molecule has 1 saturated heterocycles. The van der Waals surface area contributed by atoms with Gasteiger partial charge in [-0.1, -0.05) is 31.1 Å². The van der Waals surface area contributed by atoms with Gasteiger partial charge in [-0.05, 0) is 25.0 Å². The van der Waals surface area contributed by atoms with E-state index < -0.39 is 0 Å². The highest BCUT2D eigenvalue weighted by molar-refractivity contribution is 5.92. The molecule has 1 N–H and O–H groups in total. The van der Waals surface area contributed by atoms with Crippen LogP contribution in [0.15, 0.2) is 18.3 Å². The van der Waals surface area contributed by atoms with Crippen LogP contribution in [0.2, 0.25) is 0 Å². The molecule has 20 heavy (non-hydrogen) atoms. The Bertz CT molecular complexity index is 491. The Kier molecular flexibility index (Phi) is 5.57. The van der Waals surface area contributed by atoms with Crippen molar-refractivity contribution in [3.8, 4) is 11.8 Å². The molecule has 0 saturated carbocycles. The van der Waals surface area contributed by atoms with Gasteiger partial charge in [0, 0.05) is 24.8 Å². The average molecular weight is 272 g/mol. The van der Waals surface area contributed by atoms with Crippen LogP contribution in [0.1, 0.15) is 48.2 Å². The van der Waals surface area contributed by atoms with Crippen molar-refractivity contribution in [2.24, 2.45) is 0 Å². The summed E-state index contributed by atoms with van der Waals surface area (Å²) in [7, 11) is 0. The smallest absolute Gasteiger partial charge is 0.272 e. The van der Waals surface area contributed by atoms with Gasteiger partial charge in [-0.25, -0.2) is 4.98 Å². The molecule has 4 heteroatoms. The van der Waals surface area contributed by atoms with Gasteiger partial charge in [-0.15, -0.1) is 0 Å². The molecule has 0 unspecified atom stereocenters. The third-order valence-corrected chi connectivity index (χ3v) is 3.44. The van der Waals surface area contributed by atoms with E-state index in [1.165, 1.54) is 19.3 Å². The molecule has 1 aromatic heterocycles. The van der Waals surface area contributed by atoms with Crippen molar-refractivity contribution in [2.75, 3.05) is 19.7 Å². The molecule has 0 aliphatic carbocycles. The van der Waals surface area contributed by atoms with Crippen molar-refractivity contribution < 1.29 is 9.90 Å². The second-order valence-electron chi connectivity index (χ2n) is 4.95. The molecular formula is C16H20N2O2. The molecule has 106 valence electrons. The molecule has 0 atom stereocenters. The highest BCUT2D eigenvalue weighted by atomic mass is 16.2. The Morgan fingerprint density at radius 1 is 1.20 bits per heavy atom. The number of hydrogen-bond acceptors (Lipinski definition) is 3. The standard InChI is InChI=1S/C16H20N2O2/c19-12-6-7-14-8-9-15(17-13-14)16(20)18-10-4-2-1-3-5-11-18/h8-9,13,19H,1-5,10-12H2. The van der Waals surface area contributed by atoms with E-state index in [0.717, 1.165) is 25.9 Å². The third-order valence-electron chi connectivity index (χ3n) is 3.44. The lowest BCUT2D eigenvalue weighted by molar-refractivity contribution is 0.0736. The molecular weight excluding hydrogens is 252 g/mol. The van der Waals surface area contributed by atoms with Crippen molar-refractivity contribution in [1.29, 1.82) is 0 Å². The topological polar surface area (TPSA) is 53.4 Å². The van der Waals surface area contributed by atoms with Crippen LogP contribution in [0.5, 0.6) is 0 Å². The Morgan fingerprint density at radius 2 is 1.90 bits per heavy atom. The first-order valence-corrected chi connectivity index (χ1v) is 7.16. The van der Waals surface area contributed by atoms with Crippen LogP contribution in [-0.4, -0.2) is 40.6 Å². The summed E-state index contributed by atoms with van der Waals surface area (Å²) in [5.74, 6) is 5.34. The number of rotatable bonds is 1. The van der Waals surface area contributed by atoms with Gasteiger partial charge in [0.25, 0.3) is 5.91 Å². The second kappa shape index (κ2) is 7.66. The molecule has 0 radical (unpaired) electrons. The molecule has 2 rings (SSSR count). The monoisotopic (exact) mass is 272 g/mol. The van der Waals surface area contributed by atoms with Gasteiger partial charge in [-0.3, -0.25) is 4.79 Å². The van der Waals surface area contributed by atoms with Crippen molar-refractivity contribution >= 4 is 5.91 Å². The van der Waals surface area contributed by atoms with E-state index >= 15 is 0 Å². The average Bonchev–Trinajstić information content (AvgIpc) is 2.45. The fourth-order valence-electron chi connectivity index (χ4n) is 2.35. The lowest BCUT2D eigenvalue weighted by atomic mass is 10.1. The van der Waals surface area contributed by atoms with E-state index in [0.29, 0.717) is 11.3 Å². The summed E-state index contributed by atoms with van der Waals surface area (Å²) < 4.78 is 0. The molecule has 1 aromatic rings. The van der Waals surface area contributed by atoms with Gasteiger partial charge in [0.2, 0.25) is 0 Å². The van der Waals surface area contributed by atoms with Crippen molar-refractivity contribution in [2.45, 2.75) is 32.1 Å². The number of amides is 1. The third kappa shape index (κ3) is 4.07. The maximum Gasteiger partial charge on any atom is 0.272 e. The van der Waals surface area contributed by atoms with Crippen LogP contribution >= 0.6 is 0 Å². The number of aliphatic hydroxyl groups is 1. The number of carbonyl (C=O) groups excluding carboxylic acids is 1.